The molecule has 1 saturated heterocycles. The zero-order valence-corrected chi connectivity index (χ0v) is 10.3. The van der Waals surface area contributed by atoms with E-state index in [9.17, 15) is 4.79 Å². The molecule has 94 valence electrons. The van der Waals surface area contributed by atoms with Crippen molar-refractivity contribution >= 4 is 22.8 Å². The number of hydrogen-bond donors (Lipinski definition) is 1. The zero-order valence-electron chi connectivity index (χ0n) is 9.52. The summed E-state index contributed by atoms with van der Waals surface area (Å²) in [5.74, 6) is 0. The molecule has 6 nitrogen and oxygen atoms in total. The number of aromatic nitrogens is 4. The molecule has 18 heavy (non-hydrogen) atoms. The number of rotatable bonds is 1. The van der Waals surface area contributed by atoms with E-state index < -0.39 is 0 Å². The van der Waals surface area contributed by atoms with Gasteiger partial charge in [0.05, 0.1) is 19.4 Å². The minimum Gasteiger partial charge on any atom is -0.380 e. The van der Waals surface area contributed by atoms with Crippen molar-refractivity contribution in [2.75, 3.05) is 13.2 Å². The zero-order chi connectivity index (χ0) is 12.3. The number of imidazole rings is 1. The number of H-pyrrole nitrogens is 1. The molecule has 2 aliphatic rings. The molecule has 7 heteroatoms. The highest BCUT2D eigenvalue weighted by atomic mass is 35.5. The van der Waals surface area contributed by atoms with Crippen LogP contribution in [0.25, 0.3) is 11.2 Å². The lowest BCUT2D eigenvalue weighted by Gasteiger charge is -2.53. The second kappa shape index (κ2) is 3.33. The van der Waals surface area contributed by atoms with Crippen molar-refractivity contribution in [1.82, 2.24) is 19.5 Å². The van der Waals surface area contributed by atoms with Crippen LogP contribution in [0.15, 0.2) is 11.0 Å². The van der Waals surface area contributed by atoms with Gasteiger partial charge in [0.15, 0.2) is 5.65 Å². The second-order valence-corrected chi connectivity index (χ2v) is 5.57. The summed E-state index contributed by atoms with van der Waals surface area (Å²) in [6, 6.07) is 0.195. The third kappa shape index (κ3) is 1.30. The third-order valence-electron chi connectivity index (χ3n) is 3.95. The molecule has 1 N–H and O–H groups in total. The summed E-state index contributed by atoms with van der Waals surface area (Å²) in [5, 5.41) is 0.163. The fraction of sp³-hybridized carbons (Fsp3) is 0.545. The van der Waals surface area contributed by atoms with Gasteiger partial charge in [0.25, 0.3) is 0 Å². The summed E-state index contributed by atoms with van der Waals surface area (Å²) in [6.45, 7) is 1.63. The van der Waals surface area contributed by atoms with Gasteiger partial charge in [-0.25, -0.2) is 9.78 Å². The van der Waals surface area contributed by atoms with Crippen molar-refractivity contribution in [3.8, 4) is 0 Å². The number of ether oxygens (including phenoxy) is 1. The van der Waals surface area contributed by atoms with E-state index in [1.807, 2.05) is 0 Å². The minimum absolute atomic E-state index is 0.137. The normalized spacial score (nSPS) is 22.1. The van der Waals surface area contributed by atoms with Crippen LogP contribution in [-0.4, -0.2) is 32.7 Å². The van der Waals surface area contributed by atoms with Gasteiger partial charge in [0.1, 0.15) is 5.52 Å². The number of aromatic amines is 1. The summed E-state index contributed by atoms with van der Waals surface area (Å²) >= 11 is 5.79. The van der Waals surface area contributed by atoms with E-state index in [2.05, 4.69) is 15.0 Å². The van der Waals surface area contributed by atoms with Crippen molar-refractivity contribution in [2.45, 2.75) is 18.9 Å². The van der Waals surface area contributed by atoms with Gasteiger partial charge >= 0.3 is 5.69 Å². The van der Waals surface area contributed by atoms with Crippen LogP contribution in [0.5, 0.6) is 0 Å². The molecule has 0 unspecified atom stereocenters. The molecule has 4 rings (SSSR count). The fourth-order valence-corrected chi connectivity index (χ4v) is 3.11. The summed E-state index contributed by atoms with van der Waals surface area (Å²) in [4.78, 5) is 22.7. The lowest BCUT2D eigenvalue weighted by atomic mass is 9.64. The van der Waals surface area contributed by atoms with Gasteiger partial charge < -0.3 is 9.72 Å². The van der Waals surface area contributed by atoms with Crippen LogP contribution in [0.2, 0.25) is 5.28 Å². The minimum atomic E-state index is -0.137. The van der Waals surface area contributed by atoms with Crippen LogP contribution < -0.4 is 5.69 Å². The van der Waals surface area contributed by atoms with Crippen molar-refractivity contribution in [2.24, 2.45) is 5.41 Å². The van der Waals surface area contributed by atoms with Crippen LogP contribution >= 0.6 is 11.6 Å². The highest BCUT2D eigenvalue weighted by Crippen LogP contribution is 2.52. The van der Waals surface area contributed by atoms with Crippen LogP contribution in [0.3, 0.4) is 0 Å². The molecule has 1 aliphatic carbocycles. The van der Waals surface area contributed by atoms with Crippen LogP contribution in [0.1, 0.15) is 18.9 Å². The predicted molar refractivity (Wildman–Crippen MR) is 64.7 cm³/mol. The molecule has 1 saturated carbocycles. The predicted octanol–water partition coefficient (Wildman–Crippen LogP) is 1.12. The summed E-state index contributed by atoms with van der Waals surface area (Å²) in [6.07, 6.45) is 3.49. The van der Waals surface area contributed by atoms with Crippen LogP contribution in [-0.2, 0) is 4.74 Å². The van der Waals surface area contributed by atoms with E-state index in [0.29, 0.717) is 16.6 Å². The maximum atomic E-state index is 12.0. The Kier molecular flexibility index (Phi) is 1.95. The average molecular weight is 267 g/mol. The fourth-order valence-electron chi connectivity index (χ4n) is 2.98. The lowest BCUT2D eigenvalue weighted by Crippen LogP contribution is -2.53. The number of fused-ring (bicyclic) bond motifs is 1. The monoisotopic (exact) mass is 266 g/mol. The SMILES string of the molecule is O=c1[nH]c2cnc(Cl)nc2n1C1CC2(COC2)C1. The van der Waals surface area contributed by atoms with Crippen LogP contribution in [0, 0.1) is 5.41 Å². The highest BCUT2D eigenvalue weighted by molar-refractivity contribution is 6.28. The molecule has 1 aliphatic heterocycles. The van der Waals surface area contributed by atoms with Gasteiger partial charge in [-0.15, -0.1) is 0 Å². The molecule has 0 bridgehead atoms. The first-order valence-electron chi connectivity index (χ1n) is 5.87. The Bertz CT molecular complexity index is 680. The van der Waals surface area contributed by atoms with Gasteiger partial charge in [-0.1, -0.05) is 0 Å². The van der Waals surface area contributed by atoms with Gasteiger partial charge in [0.2, 0.25) is 5.28 Å². The van der Waals surface area contributed by atoms with E-state index in [4.69, 9.17) is 16.3 Å². The molecule has 0 atom stereocenters. The Balaban J connectivity index is 1.78. The summed E-state index contributed by atoms with van der Waals surface area (Å²) in [7, 11) is 0. The van der Waals surface area contributed by atoms with Gasteiger partial charge in [-0.2, -0.15) is 4.98 Å². The number of nitrogens with one attached hydrogen (secondary N) is 1. The highest BCUT2D eigenvalue weighted by Gasteiger charge is 2.51. The average Bonchev–Trinajstić information content (AvgIpc) is 2.52. The van der Waals surface area contributed by atoms with Crippen molar-refractivity contribution in [3.05, 3.63) is 22.0 Å². The number of hydrogen-bond acceptors (Lipinski definition) is 4. The quantitative estimate of drug-likeness (QED) is 0.785. The van der Waals surface area contributed by atoms with Crippen molar-refractivity contribution in [1.29, 1.82) is 0 Å². The molecule has 0 aromatic carbocycles. The van der Waals surface area contributed by atoms with E-state index >= 15 is 0 Å². The summed E-state index contributed by atoms with van der Waals surface area (Å²) in [5.41, 5.74) is 1.40. The van der Waals surface area contributed by atoms with Gasteiger partial charge in [-0.3, -0.25) is 4.57 Å². The Morgan fingerprint density at radius 2 is 2.28 bits per heavy atom. The molecular weight excluding hydrogens is 256 g/mol. The standard InChI is InChI=1S/C11H11ClN4O2/c12-9-13-3-7-8(15-9)16(10(17)14-7)6-1-11(2-6)4-18-5-11/h3,6H,1-2,4-5H2,(H,14,17). The number of nitrogens with zero attached hydrogens (tertiary/aromatic N) is 3. The Morgan fingerprint density at radius 3 is 2.94 bits per heavy atom. The van der Waals surface area contributed by atoms with Crippen molar-refractivity contribution < 1.29 is 4.74 Å². The Morgan fingerprint density at radius 1 is 1.50 bits per heavy atom. The van der Waals surface area contributed by atoms with Gasteiger partial charge in [-0.05, 0) is 24.4 Å². The first kappa shape index (κ1) is 10.5. The molecule has 2 aromatic rings. The maximum absolute atomic E-state index is 12.0. The molecule has 0 radical (unpaired) electrons. The third-order valence-corrected chi connectivity index (χ3v) is 4.13. The molecular formula is C11H11ClN4O2. The van der Waals surface area contributed by atoms with E-state index in [1.165, 1.54) is 0 Å². The Labute approximate surface area is 107 Å². The Hall–Kier alpha value is -1.40. The molecule has 3 heterocycles. The molecule has 2 fully saturated rings. The van der Waals surface area contributed by atoms with Crippen LogP contribution in [0.4, 0.5) is 0 Å². The van der Waals surface area contributed by atoms with E-state index in [-0.39, 0.29) is 17.0 Å². The first-order valence-corrected chi connectivity index (χ1v) is 6.25. The lowest BCUT2D eigenvalue weighted by molar-refractivity contribution is -0.174. The van der Waals surface area contributed by atoms with Gasteiger partial charge in [0, 0.05) is 11.5 Å². The second-order valence-electron chi connectivity index (χ2n) is 5.23. The van der Waals surface area contributed by atoms with E-state index in [0.717, 1.165) is 26.1 Å². The summed E-state index contributed by atoms with van der Waals surface area (Å²) < 4.78 is 6.94. The smallest absolute Gasteiger partial charge is 0.327 e. The molecule has 2 aromatic heterocycles. The number of halogens is 1. The molecule has 0 amide bonds. The topological polar surface area (TPSA) is 72.8 Å². The van der Waals surface area contributed by atoms with Crippen molar-refractivity contribution in [3.63, 3.8) is 0 Å². The largest absolute Gasteiger partial charge is 0.380 e. The van der Waals surface area contributed by atoms with E-state index in [1.54, 1.807) is 10.8 Å². The molecule has 1 spiro atoms. The maximum Gasteiger partial charge on any atom is 0.327 e. The first-order chi connectivity index (χ1) is 8.67.